The molecule has 0 saturated heterocycles. The van der Waals surface area contributed by atoms with Crippen LogP contribution in [0.3, 0.4) is 0 Å². The number of hydrogen-bond acceptors (Lipinski definition) is 9. The Morgan fingerprint density at radius 3 is 0.977 bits per heavy atom. The molecular formula is C34H30O9. The fourth-order valence-corrected chi connectivity index (χ4v) is 3.80. The first-order valence-electron chi connectivity index (χ1n) is 13.5. The van der Waals surface area contributed by atoms with Gasteiger partial charge in [-0.3, -0.25) is 0 Å². The Hall–Kier alpha value is -5.28. The lowest BCUT2D eigenvalue weighted by Gasteiger charge is -2.21. The van der Waals surface area contributed by atoms with Crippen molar-refractivity contribution in [3.63, 3.8) is 0 Å². The zero-order valence-corrected chi connectivity index (χ0v) is 23.2. The highest BCUT2D eigenvalue weighted by Crippen LogP contribution is 2.11. The van der Waals surface area contributed by atoms with Crippen molar-refractivity contribution >= 4 is 23.9 Å². The van der Waals surface area contributed by atoms with Crippen LogP contribution in [0.15, 0.2) is 121 Å². The molecular weight excluding hydrogens is 552 g/mol. The molecule has 4 aromatic carbocycles. The van der Waals surface area contributed by atoms with E-state index < -0.39 is 36.1 Å². The van der Waals surface area contributed by atoms with Crippen LogP contribution in [0, 0.1) is 0 Å². The van der Waals surface area contributed by atoms with Gasteiger partial charge in [-0.15, -0.1) is 0 Å². The molecule has 4 aromatic rings. The molecule has 0 heterocycles. The van der Waals surface area contributed by atoms with E-state index in [-0.39, 0.29) is 26.4 Å². The molecule has 0 fully saturated rings. The van der Waals surface area contributed by atoms with Gasteiger partial charge in [-0.1, -0.05) is 72.8 Å². The van der Waals surface area contributed by atoms with E-state index in [1.54, 1.807) is 121 Å². The molecule has 0 aliphatic heterocycles. The minimum Gasteiger partial charge on any atom is -0.458 e. The maximum absolute atomic E-state index is 12.7. The highest BCUT2D eigenvalue weighted by Gasteiger charge is 2.23. The first-order chi connectivity index (χ1) is 21.0. The van der Waals surface area contributed by atoms with Crippen molar-refractivity contribution in [3.05, 3.63) is 144 Å². The molecule has 0 amide bonds. The third-order valence-electron chi connectivity index (χ3n) is 5.99. The Morgan fingerprint density at radius 1 is 0.395 bits per heavy atom. The molecule has 0 N–H and O–H groups in total. The fraction of sp³-hybridized carbons (Fsp3) is 0.176. The average molecular weight is 583 g/mol. The average Bonchev–Trinajstić information content (AvgIpc) is 3.07. The zero-order chi connectivity index (χ0) is 30.3. The first-order valence-corrected chi connectivity index (χ1v) is 13.5. The van der Waals surface area contributed by atoms with E-state index in [0.29, 0.717) is 22.3 Å². The molecule has 0 aliphatic carbocycles. The van der Waals surface area contributed by atoms with Crippen molar-refractivity contribution in [2.24, 2.45) is 0 Å². The van der Waals surface area contributed by atoms with Crippen molar-refractivity contribution in [1.29, 1.82) is 0 Å². The van der Waals surface area contributed by atoms with Gasteiger partial charge in [-0.05, 0) is 48.5 Å². The van der Waals surface area contributed by atoms with Gasteiger partial charge in [-0.25, -0.2) is 19.2 Å². The maximum atomic E-state index is 12.7. The predicted octanol–water partition coefficient (Wildman–Crippen LogP) is 5.17. The molecule has 0 radical (unpaired) electrons. The van der Waals surface area contributed by atoms with Gasteiger partial charge in [0.2, 0.25) is 0 Å². The highest BCUT2D eigenvalue weighted by molar-refractivity contribution is 5.91. The normalized spacial score (nSPS) is 11.9. The van der Waals surface area contributed by atoms with Crippen molar-refractivity contribution in [2.45, 2.75) is 12.2 Å². The number of rotatable bonds is 14. The number of benzene rings is 4. The molecule has 4 rings (SSSR count). The monoisotopic (exact) mass is 582 g/mol. The number of hydrogen-bond donors (Lipinski definition) is 0. The van der Waals surface area contributed by atoms with Crippen LogP contribution in [-0.2, 0) is 23.7 Å². The lowest BCUT2D eigenvalue weighted by Crippen LogP contribution is -2.34. The smallest absolute Gasteiger partial charge is 0.338 e. The number of carbonyl (C=O) groups excluding carboxylic acids is 4. The standard InChI is InChI=1S/C34H30O9/c35-31(25-13-5-1-6-14-25)40-23-29(42-33(37)27-17-9-3-10-18-27)21-39-22-30(43-34(38)28-19-11-4-12-20-28)24-41-32(36)26-15-7-2-8-16-26/h1-20,29-30H,21-24H2. The largest absolute Gasteiger partial charge is 0.458 e. The molecule has 0 spiro atoms. The topological polar surface area (TPSA) is 114 Å². The van der Waals surface area contributed by atoms with Crippen LogP contribution in [0.1, 0.15) is 41.4 Å². The molecule has 9 heteroatoms. The van der Waals surface area contributed by atoms with E-state index in [4.69, 9.17) is 23.7 Å². The lowest BCUT2D eigenvalue weighted by atomic mass is 10.2. The van der Waals surface area contributed by atoms with Crippen LogP contribution >= 0.6 is 0 Å². The van der Waals surface area contributed by atoms with Crippen molar-refractivity contribution in [3.8, 4) is 0 Å². The summed E-state index contributed by atoms with van der Waals surface area (Å²) in [6, 6.07) is 33.4. The van der Waals surface area contributed by atoms with Crippen molar-refractivity contribution in [2.75, 3.05) is 26.4 Å². The number of esters is 4. The molecule has 220 valence electrons. The second-order valence-corrected chi connectivity index (χ2v) is 9.25. The summed E-state index contributed by atoms with van der Waals surface area (Å²) in [6.45, 7) is -0.979. The Kier molecular flexibility index (Phi) is 11.6. The van der Waals surface area contributed by atoms with Crippen LogP contribution in [0.5, 0.6) is 0 Å². The van der Waals surface area contributed by atoms with Crippen molar-refractivity contribution < 1.29 is 42.9 Å². The molecule has 0 aromatic heterocycles. The summed E-state index contributed by atoms with van der Waals surface area (Å²) in [6.07, 6.45) is -1.98. The Bertz CT molecular complexity index is 1350. The Labute approximate surface area is 248 Å². The summed E-state index contributed by atoms with van der Waals surface area (Å²) in [7, 11) is 0. The zero-order valence-electron chi connectivity index (χ0n) is 23.2. The van der Waals surface area contributed by atoms with Gasteiger partial charge in [-0.2, -0.15) is 0 Å². The first kappa shape index (κ1) is 30.7. The summed E-state index contributed by atoms with van der Waals surface area (Å²) in [5, 5.41) is 0. The summed E-state index contributed by atoms with van der Waals surface area (Å²) in [4.78, 5) is 50.5. The van der Waals surface area contributed by atoms with Gasteiger partial charge in [0.25, 0.3) is 0 Å². The van der Waals surface area contributed by atoms with E-state index in [2.05, 4.69) is 0 Å². The molecule has 0 saturated carbocycles. The van der Waals surface area contributed by atoms with Gasteiger partial charge in [0.15, 0.2) is 12.2 Å². The van der Waals surface area contributed by atoms with Gasteiger partial charge in [0, 0.05) is 0 Å². The van der Waals surface area contributed by atoms with Gasteiger partial charge >= 0.3 is 23.9 Å². The van der Waals surface area contributed by atoms with Gasteiger partial charge in [0.1, 0.15) is 13.2 Å². The summed E-state index contributed by atoms with van der Waals surface area (Å²) >= 11 is 0. The summed E-state index contributed by atoms with van der Waals surface area (Å²) in [5.74, 6) is -2.45. The van der Waals surface area contributed by atoms with Crippen LogP contribution in [0.2, 0.25) is 0 Å². The van der Waals surface area contributed by atoms with Crippen LogP contribution in [-0.4, -0.2) is 62.5 Å². The maximum Gasteiger partial charge on any atom is 0.338 e. The molecule has 0 aliphatic rings. The van der Waals surface area contributed by atoms with E-state index in [9.17, 15) is 19.2 Å². The molecule has 9 nitrogen and oxygen atoms in total. The fourth-order valence-electron chi connectivity index (χ4n) is 3.80. The molecule has 0 bridgehead atoms. The Morgan fingerprint density at radius 2 is 0.674 bits per heavy atom. The van der Waals surface area contributed by atoms with Crippen LogP contribution < -0.4 is 0 Å². The van der Waals surface area contributed by atoms with E-state index in [0.717, 1.165) is 0 Å². The third-order valence-corrected chi connectivity index (χ3v) is 5.99. The summed E-state index contributed by atoms with van der Waals surface area (Å²) < 4.78 is 27.7. The second kappa shape index (κ2) is 16.2. The van der Waals surface area contributed by atoms with Crippen LogP contribution in [0.4, 0.5) is 0 Å². The number of ether oxygens (including phenoxy) is 5. The van der Waals surface area contributed by atoms with Gasteiger partial charge < -0.3 is 23.7 Å². The Balaban J connectivity index is 1.40. The summed E-state index contributed by atoms with van der Waals surface area (Å²) in [5.41, 5.74) is 1.29. The van der Waals surface area contributed by atoms with E-state index >= 15 is 0 Å². The lowest BCUT2D eigenvalue weighted by molar-refractivity contribution is -0.0617. The highest BCUT2D eigenvalue weighted by atomic mass is 16.6. The van der Waals surface area contributed by atoms with Crippen molar-refractivity contribution in [1.82, 2.24) is 0 Å². The molecule has 43 heavy (non-hydrogen) atoms. The molecule has 2 unspecified atom stereocenters. The van der Waals surface area contributed by atoms with Gasteiger partial charge in [0.05, 0.1) is 35.5 Å². The van der Waals surface area contributed by atoms with Crippen LogP contribution in [0.25, 0.3) is 0 Å². The van der Waals surface area contributed by atoms with E-state index in [1.807, 2.05) is 0 Å². The third kappa shape index (κ3) is 9.94. The predicted molar refractivity (Wildman–Crippen MR) is 156 cm³/mol. The minimum absolute atomic E-state index is 0.202. The number of carbonyl (C=O) groups is 4. The van der Waals surface area contributed by atoms with E-state index in [1.165, 1.54) is 0 Å². The SMILES string of the molecule is O=C(OCC(COCC(COC(=O)c1ccccc1)OC(=O)c1ccccc1)OC(=O)c1ccccc1)c1ccccc1. The second-order valence-electron chi connectivity index (χ2n) is 9.25. The minimum atomic E-state index is -0.988. The molecule has 2 atom stereocenters. The quantitative estimate of drug-likeness (QED) is 0.147.